The van der Waals surface area contributed by atoms with Crippen molar-refractivity contribution in [2.45, 2.75) is 20.0 Å². The van der Waals surface area contributed by atoms with Gasteiger partial charge in [-0.1, -0.05) is 48.5 Å². The molecule has 5 rings (SSSR count). The number of rotatable bonds is 2. The number of aryl methyl sites for hydroxylation is 1. The molecule has 0 saturated carbocycles. The monoisotopic (exact) mass is 380 g/mol. The first-order chi connectivity index (χ1) is 14.1. The van der Waals surface area contributed by atoms with Gasteiger partial charge in [-0.25, -0.2) is 9.47 Å². The van der Waals surface area contributed by atoms with Crippen LogP contribution in [0.3, 0.4) is 0 Å². The lowest BCUT2D eigenvalue weighted by atomic mass is 9.96. The maximum Gasteiger partial charge on any atom is 0.283 e. The molecule has 0 saturated heterocycles. The topological polar surface area (TPSA) is 10.4 Å². The minimum atomic E-state index is 0.252. The first-order valence-corrected chi connectivity index (χ1v) is 10.2. The summed E-state index contributed by atoms with van der Waals surface area (Å²) >= 11 is 0. The van der Waals surface area contributed by atoms with Gasteiger partial charge in [-0.15, -0.1) is 0 Å². The number of aromatic nitrogens is 1. The number of benzene rings is 3. The van der Waals surface area contributed by atoms with Crippen LogP contribution >= 0.6 is 0 Å². The number of pyridine rings is 1. The van der Waals surface area contributed by atoms with Gasteiger partial charge in [0, 0.05) is 18.7 Å². The van der Waals surface area contributed by atoms with Gasteiger partial charge in [0.05, 0.1) is 12.7 Å². The van der Waals surface area contributed by atoms with E-state index < -0.39 is 0 Å². The van der Waals surface area contributed by atoms with E-state index in [2.05, 4.69) is 121 Å². The van der Waals surface area contributed by atoms with Crippen LogP contribution in [0.4, 0.5) is 17.2 Å². The van der Waals surface area contributed by atoms with Crippen molar-refractivity contribution in [3.8, 4) is 11.3 Å². The zero-order valence-corrected chi connectivity index (χ0v) is 17.4. The normalized spacial score (nSPS) is 15.8. The maximum atomic E-state index is 2.43. The average Bonchev–Trinajstić information content (AvgIpc) is 2.99. The Morgan fingerprint density at radius 3 is 2.34 bits per heavy atom. The van der Waals surface area contributed by atoms with E-state index in [9.17, 15) is 0 Å². The zero-order valence-electron chi connectivity index (χ0n) is 17.4. The Balaban J connectivity index is 1.74. The average molecular weight is 381 g/mol. The van der Waals surface area contributed by atoms with E-state index in [4.69, 9.17) is 0 Å². The molecule has 0 fully saturated rings. The fraction of sp³-hybridized carbons (Fsp3) is 0.192. The van der Waals surface area contributed by atoms with Crippen LogP contribution < -0.4 is 14.4 Å². The van der Waals surface area contributed by atoms with Crippen LogP contribution in [0.15, 0.2) is 78.9 Å². The Labute approximate surface area is 172 Å². The van der Waals surface area contributed by atoms with E-state index in [1.54, 1.807) is 0 Å². The Morgan fingerprint density at radius 1 is 0.793 bits per heavy atom. The third-order valence-electron chi connectivity index (χ3n) is 6.30. The molecule has 2 heterocycles. The summed E-state index contributed by atoms with van der Waals surface area (Å²) in [6.45, 7) is 4.46. The lowest BCUT2D eigenvalue weighted by molar-refractivity contribution is -0.647. The molecule has 1 atom stereocenters. The first-order valence-electron chi connectivity index (χ1n) is 10.2. The molecule has 3 aromatic carbocycles. The molecule has 1 aromatic heterocycles. The number of anilines is 3. The summed E-state index contributed by atoms with van der Waals surface area (Å²) in [6, 6.07) is 28.4. The standard InChI is InChI=1S/C26H26N3/c1-18-16-17-20-10-5-6-11-21(20)26(18)24-14-9-15-25(28(24)4)29-19(2)27(3)22-12-7-8-13-23(22)29/h5-17,19H,1-4H3/q+1/t19-/m0/s1. The minimum Gasteiger partial charge on any atom is -0.333 e. The van der Waals surface area contributed by atoms with Crippen LogP contribution in [0.2, 0.25) is 0 Å². The fourth-order valence-corrected chi connectivity index (χ4v) is 4.64. The Kier molecular flexibility index (Phi) is 4.06. The molecule has 3 heteroatoms. The van der Waals surface area contributed by atoms with Crippen molar-refractivity contribution in [3.63, 3.8) is 0 Å². The van der Waals surface area contributed by atoms with Crippen molar-refractivity contribution in [2.24, 2.45) is 7.05 Å². The summed E-state index contributed by atoms with van der Waals surface area (Å²) < 4.78 is 2.33. The number of hydrogen-bond acceptors (Lipinski definition) is 2. The van der Waals surface area contributed by atoms with E-state index in [0.29, 0.717) is 0 Å². The summed E-state index contributed by atoms with van der Waals surface area (Å²) in [5.41, 5.74) is 6.36. The molecule has 4 aromatic rings. The molecule has 0 radical (unpaired) electrons. The van der Waals surface area contributed by atoms with Crippen LogP contribution in [0.5, 0.6) is 0 Å². The molecule has 0 unspecified atom stereocenters. The van der Waals surface area contributed by atoms with Crippen molar-refractivity contribution >= 4 is 28.0 Å². The second-order valence-corrected chi connectivity index (χ2v) is 7.91. The van der Waals surface area contributed by atoms with Crippen LogP contribution in [0, 0.1) is 6.92 Å². The predicted octanol–water partition coefficient (Wildman–Crippen LogP) is 5.57. The lowest BCUT2D eigenvalue weighted by Crippen LogP contribution is -2.44. The van der Waals surface area contributed by atoms with Gasteiger partial charge in [0.1, 0.15) is 5.69 Å². The molecule has 29 heavy (non-hydrogen) atoms. The molecule has 1 aliphatic heterocycles. The highest BCUT2D eigenvalue weighted by molar-refractivity contribution is 5.97. The van der Waals surface area contributed by atoms with Crippen molar-refractivity contribution in [1.82, 2.24) is 0 Å². The third kappa shape index (κ3) is 2.61. The third-order valence-corrected chi connectivity index (χ3v) is 6.30. The molecule has 3 nitrogen and oxygen atoms in total. The molecular formula is C26H26N3+. The van der Waals surface area contributed by atoms with Gasteiger partial charge in [-0.2, -0.15) is 0 Å². The molecular weight excluding hydrogens is 354 g/mol. The smallest absolute Gasteiger partial charge is 0.283 e. The van der Waals surface area contributed by atoms with Crippen LogP contribution in [-0.2, 0) is 7.05 Å². The minimum absolute atomic E-state index is 0.252. The van der Waals surface area contributed by atoms with Crippen molar-refractivity contribution in [1.29, 1.82) is 0 Å². The summed E-state index contributed by atoms with van der Waals surface area (Å²) in [5.74, 6) is 1.19. The van der Waals surface area contributed by atoms with Gasteiger partial charge in [0.2, 0.25) is 0 Å². The predicted molar refractivity (Wildman–Crippen MR) is 122 cm³/mol. The molecule has 0 N–H and O–H groups in total. The number of nitrogens with zero attached hydrogens (tertiary/aromatic N) is 3. The second kappa shape index (κ2) is 6.63. The summed E-state index contributed by atoms with van der Waals surface area (Å²) in [6.07, 6.45) is 0.252. The van der Waals surface area contributed by atoms with Crippen molar-refractivity contribution in [2.75, 3.05) is 16.8 Å². The van der Waals surface area contributed by atoms with Crippen LogP contribution in [0.1, 0.15) is 12.5 Å². The van der Waals surface area contributed by atoms with Gasteiger partial charge < -0.3 is 4.90 Å². The van der Waals surface area contributed by atoms with Crippen LogP contribution in [-0.4, -0.2) is 13.2 Å². The highest BCUT2D eigenvalue weighted by Gasteiger charge is 2.39. The van der Waals surface area contributed by atoms with Gasteiger partial charge in [-0.05, 0) is 54.4 Å². The Hall–Kier alpha value is -3.33. The summed E-state index contributed by atoms with van der Waals surface area (Å²) in [5, 5.41) is 2.57. The van der Waals surface area contributed by atoms with E-state index in [0.717, 1.165) is 0 Å². The molecule has 0 amide bonds. The van der Waals surface area contributed by atoms with E-state index >= 15 is 0 Å². The molecule has 0 bridgehead atoms. The SMILES string of the molecule is Cc1ccc2ccccc2c1-c1cccc(N2c3ccccc3N(C)[C@@H]2C)[n+]1C. The summed E-state index contributed by atoms with van der Waals surface area (Å²) in [4.78, 5) is 4.77. The first kappa shape index (κ1) is 17.7. The maximum absolute atomic E-state index is 2.43. The van der Waals surface area contributed by atoms with Crippen molar-refractivity contribution < 1.29 is 4.57 Å². The van der Waals surface area contributed by atoms with E-state index in [1.165, 1.54) is 44.8 Å². The van der Waals surface area contributed by atoms with Crippen molar-refractivity contribution in [3.05, 3.63) is 84.4 Å². The Bertz CT molecular complexity index is 1230. The quantitative estimate of drug-likeness (QED) is 0.421. The van der Waals surface area contributed by atoms with Gasteiger partial charge in [0.25, 0.3) is 5.82 Å². The Morgan fingerprint density at radius 2 is 1.52 bits per heavy atom. The van der Waals surface area contributed by atoms with Gasteiger partial charge >= 0.3 is 0 Å². The fourth-order valence-electron chi connectivity index (χ4n) is 4.64. The van der Waals surface area contributed by atoms with Crippen LogP contribution in [0.25, 0.3) is 22.0 Å². The summed E-state index contributed by atoms with van der Waals surface area (Å²) in [7, 11) is 4.35. The number of para-hydroxylation sites is 2. The molecule has 144 valence electrons. The largest absolute Gasteiger partial charge is 0.333 e. The molecule has 1 aliphatic rings. The highest BCUT2D eigenvalue weighted by atomic mass is 15.4. The highest BCUT2D eigenvalue weighted by Crippen LogP contribution is 2.42. The number of hydrogen-bond donors (Lipinski definition) is 0. The van der Waals surface area contributed by atoms with Gasteiger partial charge in [-0.3, -0.25) is 0 Å². The van der Waals surface area contributed by atoms with E-state index in [-0.39, 0.29) is 6.17 Å². The zero-order chi connectivity index (χ0) is 20.1. The van der Waals surface area contributed by atoms with E-state index in [1.807, 2.05) is 0 Å². The second-order valence-electron chi connectivity index (χ2n) is 7.91. The lowest BCUT2D eigenvalue weighted by Gasteiger charge is -2.23. The molecule has 0 spiro atoms. The van der Waals surface area contributed by atoms with Gasteiger partial charge in [0.15, 0.2) is 11.9 Å². The number of fused-ring (bicyclic) bond motifs is 2. The molecule has 0 aliphatic carbocycles.